The third kappa shape index (κ3) is 4.62. The van der Waals surface area contributed by atoms with E-state index in [1.807, 2.05) is 31.2 Å². The molecule has 0 aliphatic heterocycles. The number of amides is 2. The number of rotatable bonds is 6. The fraction of sp³-hybridized carbons (Fsp3) is 0.211. The number of aromatic nitrogens is 4. The monoisotopic (exact) mass is 418 g/mol. The van der Waals surface area contributed by atoms with Crippen molar-refractivity contribution in [1.29, 1.82) is 0 Å². The summed E-state index contributed by atoms with van der Waals surface area (Å²) in [6, 6.07) is 8.09. The highest BCUT2D eigenvalue weighted by Gasteiger charge is 2.20. The molecule has 30 heavy (non-hydrogen) atoms. The number of carbonyl (C=O) groups excluding carboxylic acids is 2. The quantitative estimate of drug-likeness (QED) is 0.599. The predicted octanol–water partition coefficient (Wildman–Crippen LogP) is 2.38. The molecule has 0 bridgehead atoms. The normalized spacial score (nSPS) is 11.8. The van der Waals surface area contributed by atoms with Gasteiger partial charge in [0.1, 0.15) is 6.04 Å². The first-order chi connectivity index (χ1) is 14.3. The Morgan fingerprint density at radius 2 is 1.77 bits per heavy atom. The van der Waals surface area contributed by atoms with Gasteiger partial charge >= 0.3 is 0 Å². The molecule has 0 aliphatic carbocycles. The molecule has 1 aromatic heterocycles. The van der Waals surface area contributed by atoms with Crippen LogP contribution in [0.4, 0.5) is 18.9 Å². The average molecular weight is 418 g/mol. The van der Waals surface area contributed by atoms with Crippen LogP contribution in [0.1, 0.15) is 18.5 Å². The number of halogens is 3. The van der Waals surface area contributed by atoms with Crippen LogP contribution >= 0.6 is 0 Å². The van der Waals surface area contributed by atoms with Crippen LogP contribution in [0.25, 0.3) is 11.4 Å². The molecule has 3 aromatic rings. The number of hydrogen-bond donors (Lipinski definition) is 2. The Kier molecular flexibility index (Phi) is 6.09. The van der Waals surface area contributed by atoms with E-state index >= 15 is 0 Å². The molecule has 11 heteroatoms. The third-order valence-electron chi connectivity index (χ3n) is 4.20. The summed E-state index contributed by atoms with van der Waals surface area (Å²) < 4.78 is 39.7. The zero-order valence-corrected chi connectivity index (χ0v) is 16.0. The summed E-state index contributed by atoms with van der Waals surface area (Å²) in [5.74, 6) is -5.69. The molecule has 8 nitrogen and oxygen atoms in total. The third-order valence-corrected chi connectivity index (χ3v) is 4.20. The summed E-state index contributed by atoms with van der Waals surface area (Å²) in [6.07, 6.45) is 0. The van der Waals surface area contributed by atoms with Crippen LogP contribution in [0.2, 0.25) is 0 Å². The van der Waals surface area contributed by atoms with Gasteiger partial charge in [0.15, 0.2) is 17.5 Å². The van der Waals surface area contributed by atoms with Gasteiger partial charge in [0.2, 0.25) is 17.6 Å². The molecular weight excluding hydrogens is 401 g/mol. The zero-order valence-electron chi connectivity index (χ0n) is 16.0. The number of nitrogens with one attached hydrogen (secondary N) is 2. The Morgan fingerprint density at radius 1 is 1.07 bits per heavy atom. The number of aryl methyl sites for hydroxylation is 1. The van der Waals surface area contributed by atoms with Crippen molar-refractivity contribution in [3.05, 3.63) is 59.4 Å². The topological polar surface area (TPSA) is 102 Å². The van der Waals surface area contributed by atoms with Crippen LogP contribution in [0.3, 0.4) is 0 Å². The molecule has 0 aliphatic rings. The minimum absolute atomic E-state index is 0.334. The van der Waals surface area contributed by atoms with E-state index in [0.29, 0.717) is 11.9 Å². The molecular formula is C19H17F3N6O2. The van der Waals surface area contributed by atoms with Crippen molar-refractivity contribution in [2.24, 2.45) is 0 Å². The second-order valence-electron chi connectivity index (χ2n) is 6.46. The Balaban J connectivity index is 1.58. The first kappa shape index (κ1) is 21.0. The SMILES string of the molecule is Cc1ccc(-c2nnn([C@H](C)C(=O)NCC(=O)Nc3ccc(F)c(F)c3F)n2)cc1. The number of anilines is 1. The van der Waals surface area contributed by atoms with E-state index in [1.165, 1.54) is 6.92 Å². The molecule has 0 fully saturated rings. The van der Waals surface area contributed by atoms with Crippen LogP contribution < -0.4 is 10.6 Å². The number of benzene rings is 2. The summed E-state index contributed by atoms with van der Waals surface area (Å²) >= 11 is 0. The maximum Gasteiger partial charge on any atom is 0.246 e. The standard InChI is InChI=1S/C19H17F3N6O2/c1-10-3-5-12(6-4-10)18-25-27-28(26-18)11(2)19(30)23-9-15(29)24-14-8-7-13(20)16(21)17(14)22/h3-8,11H,9H2,1-2H3,(H,23,30)(H,24,29)/t11-/m1/s1. The van der Waals surface area contributed by atoms with Crippen molar-refractivity contribution < 1.29 is 22.8 Å². The van der Waals surface area contributed by atoms with Gasteiger partial charge < -0.3 is 10.6 Å². The van der Waals surface area contributed by atoms with Crippen LogP contribution in [0.5, 0.6) is 0 Å². The lowest BCUT2D eigenvalue weighted by Crippen LogP contribution is -2.37. The zero-order chi connectivity index (χ0) is 21.8. The van der Waals surface area contributed by atoms with Crippen molar-refractivity contribution in [3.63, 3.8) is 0 Å². The highest BCUT2D eigenvalue weighted by molar-refractivity contribution is 5.95. The summed E-state index contributed by atoms with van der Waals surface area (Å²) in [4.78, 5) is 25.2. The number of carbonyl (C=O) groups is 2. The number of tetrazole rings is 1. The van der Waals surface area contributed by atoms with Gasteiger partial charge in [-0.1, -0.05) is 29.8 Å². The lowest BCUT2D eigenvalue weighted by atomic mass is 10.1. The average Bonchev–Trinajstić information content (AvgIpc) is 3.22. The Hall–Kier alpha value is -3.76. The Labute approximate surface area is 169 Å². The van der Waals surface area contributed by atoms with Crippen molar-refractivity contribution in [3.8, 4) is 11.4 Å². The number of nitrogens with zero attached hydrogens (tertiary/aromatic N) is 4. The predicted molar refractivity (Wildman–Crippen MR) is 101 cm³/mol. The van der Waals surface area contributed by atoms with E-state index in [1.54, 1.807) is 0 Å². The molecule has 2 aromatic carbocycles. The van der Waals surface area contributed by atoms with Crippen molar-refractivity contribution in [2.75, 3.05) is 11.9 Å². The molecule has 2 amide bonds. The lowest BCUT2D eigenvalue weighted by Gasteiger charge is -2.11. The van der Waals surface area contributed by atoms with E-state index in [0.717, 1.165) is 22.0 Å². The van der Waals surface area contributed by atoms with Crippen molar-refractivity contribution in [2.45, 2.75) is 19.9 Å². The Morgan fingerprint density at radius 3 is 2.47 bits per heavy atom. The Bertz CT molecular complexity index is 1080. The molecule has 0 spiro atoms. The van der Waals surface area contributed by atoms with Crippen LogP contribution in [0.15, 0.2) is 36.4 Å². The van der Waals surface area contributed by atoms with Gasteiger partial charge in [-0.3, -0.25) is 9.59 Å². The smallest absolute Gasteiger partial charge is 0.246 e. The van der Waals surface area contributed by atoms with Crippen LogP contribution in [-0.4, -0.2) is 38.6 Å². The lowest BCUT2D eigenvalue weighted by molar-refractivity contribution is -0.126. The van der Waals surface area contributed by atoms with E-state index < -0.39 is 47.5 Å². The molecule has 0 saturated heterocycles. The molecule has 0 radical (unpaired) electrons. The van der Waals surface area contributed by atoms with Gasteiger partial charge in [-0.05, 0) is 31.2 Å². The van der Waals surface area contributed by atoms with E-state index in [2.05, 4.69) is 26.0 Å². The largest absolute Gasteiger partial charge is 0.345 e. The highest BCUT2D eigenvalue weighted by Crippen LogP contribution is 2.19. The second kappa shape index (κ2) is 8.72. The van der Waals surface area contributed by atoms with Crippen molar-refractivity contribution >= 4 is 17.5 Å². The van der Waals surface area contributed by atoms with E-state index in [-0.39, 0.29) is 0 Å². The summed E-state index contributed by atoms with van der Waals surface area (Å²) in [7, 11) is 0. The fourth-order valence-electron chi connectivity index (χ4n) is 2.44. The molecule has 0 saturated carbocycles. The van der Waals surface area contributed by atoms with Gasteiger partial charge in [-0.15, -0.1) is 10.2 Å². The minimum atomic E-state index is -1.70. The number of hydrogen-bond acceptors (Lipinski definition) is 5. The van der Waals surface area contributed by atoms with Gasteiger partial charge in [0.05, 0.1) is 12.2 Å². The second-order valence-corrected chi connectivity index (χ2v) is 6.46. The molecule has 156 valence electrons. The van der Waals surface area contributed by atoms with Gasteiger partial charge in [-0.25, -0.2) is 13.2 Å². The molecule has 0 unspecified atom stereocenters. The first-order valence-corrected chi connectivity index (χ1v) is 8.84. The molecule has 1 atom stereocenters. The molecule has 1 heterocycles. The summed E-state index contributed by atoms with van der Waals surface area (Å²) in [6.45, 7) is 2.92. The van der Waals surface area contributed by atoms with E-state index in [4.69, 9.17) is 0 Å². The maximum atomic E-state index is 13.6. The van der Waals surface area contributed by atoms with Crippen LogP contribution in [0, 0.1) is 24.4 Å². The maximum absolute atomic E-state index is 13.6. The summed E-state index contributed by atoms with van der Waals surface area (Å²) in [5.41, 5.74) is 1.26. The fourth-order valence-corrected chi connectivity index (χ4v) is 2.44. The highest BCUT2D eigenvalue weighted by atomic mass is 19.2. The van der Waals surface area contributed by atoms with E-state index in [9.17, 15) is 22.8 Å². The van der Waals surface area contributed by atoms with Gasteiger partial charge in [0, 0.05) is 5.56 Å². The van der Waals surface area contributed by atoms with Crippen molar-refractivity contribution in [1.82, 2.24) is 25.5 Å². The minimum Gasteiger partial charge on any atom is -0.345 e. The van der Waals surface area contributed by atoms with Gasteiger partial charge in [0.25, 0.3) is 0 Å². The summed E-state index contributed by atoms with van der Waals surface area (Å²) in [5, 5.41) is 16.3. The first-order valence-electron chi connectivity index (χ1n) is 8.84. The van der Waals surface area contributed by atoms with Crippen LogP contribution in [-0.2, 0) is 9.59 Å². The van der Waals surface area contributed by atoms with Gasteiger partial charge in [-0.2, -0.15) is 4.80 Å². The molecule has 2 N–H and O–H groups in total. The molecule has 3 rings (SSSR count).